The Morgan fingerprint density at radius 2 is 1.61 bits per heavy atom. The SMILES string of the molecule is COc1ccc(N2C(=O)[C@H]3[C@H](c4ccc(OCC(=O)Nc5ccc(S(N)(=O)=O)cc5)cc4)c4sc(=O)[nH]c4S[C@H]3C2=O)cc1. The number of carbonyl (C=O) groups is 3. The standard InChI is InChI=1S/C29H24N4O8S3/c1-40-18-10-6-17(7-11-18)33-27(35)23-22(24-26(32-29(37)43-24)42-25(23)28(33)36)15-2-8-19(9-3-15)41-14-21(34)31-16-4-12-20(13-5-16)44(30,38)39/h2-13,22-23,25H,14H2,1H3,(H,31,34)(H,32,37)(H2,30,38,39)/t22-,23-,25+/m0/s1. The van der Waals surface area contributed by atoms with Crippen LogP contribution in [0.25, 0.3) is 0 Å². The molecule has 6 rings (SSSR count). The highest BCUT2D eigenvalue weighted by molar-refractivity contribution is 8.00. The zero-order valence-electron chi connectivity index (χ0n) is 22.9. The fourth-order valence-corrected chi connectivity index (χ4v) is 8.24. The van der Waals surface area contributed by atoms with Crippen LogP contribution in [0.4, 0.5) is 11.4 Å². The molecule has 15 heteroatoms. The summed E-state index contributed by atoms with van der Waals surface area (Å²) < 4.78 is 33.6. The topological polar surface area (TPSA) is 178 Å². The van der Waals surface area contributed by atoms with Gasteiger partial charge in [-0.15, -0.1) is 0 Å². The number of benzene rings is 3. The van der Waals surface area contributed by atoms with Crippen LogP contribution in [0.3, 0.4) is 0 Å². The van der Waals surface area contributed by atoms with Crippen LogP contribution in [0, 0.1) is 5.92 Å². The number of H-pyrrole nitrogens is 1. The quantitative estimate of drug-likeness (QED) is 0.242. The number of rotatable bonds is 8. The largest absolute Gasteiger partial charge is 0.497 e. The lowest BCUT2D eigenvalue weighted by Crippen LogP contribution is -2.32. The van der Waals surface area contributed by atoms with Crippen LogP contribution >= 0.6 is 23.1 Å². The maximum atomic E-state index is 13.8. The van der Waals surface area contributed by atoms with Gasteiger partial charge < -0.3 is 19.8 Å². The van der Waals surface area contributed by atoms with E-state index < -0.39 is 33.0 Å². The second kappa shape index (κ2) is 11.6. The van der Waals surface area contributed by atoms with Crippen molar-refractivity contribution in [3.63, 3.8) is 0 Å². The summed E-state index contributed by atoms with van der Waals surface area (Å²) in [4.78, 5) is 56.5. The van der Waals surface area contributed by atoms with Crippen molar-refractivity contribution >= 4 is 62.2 Å². The van der Waals surface area contributed by atoms with Gasteiger partial charge >= 0.3 is 4.87 Å². The van der Waals surface area contributed by atoms with Crippen molar-refractivity contribution in [3.8, 4) is 11.5 Å². The molecule has 3 amide bonds. The molecule has 0 radical (unpaired) electrons. The number of hydrogen-bond donors (Lipinski definition) is 3. The van der Waals surface area contributed by atoms with Gasteiger partial charge in [-0.2, -0.15) is 0 Å². The summed E-state index contributed by atoms with van der Waals surface area (Å²) >= 11 is 2.21. The maximum Gasteiger partial charge on any atom is 0.305 e. The minimum atomic E-state index is -3.85. The molecule has 0 bridgehead atoms. The van der Waals surface area contributed by atoms with Crippen molar-refractivity contribution < 1.29 is 32.3 Å². The van der Waals surface area contributed by atoms with Gasteiger partial charge in [0.05, 0.1) is 28.6 Å². The summed E-state index contributed by atoms with van der Waals surface area (Å²) in [6.07, 6.45) is 0. The Balaban J connectivity index is 1.20. The molecule has 3 heterocycles. The van der Waals surface area contributed by atoms with Crippen LogP contribution in [0.1, 0.15) is 16.4 Å². The molecule has 2 aliphatic heterocycles. The van der Waals surface area contributed by atoms with Gasteiger partial charge in [-0.1, -0.05) is 35.2 Å². The first-order valence-electron chi connectivity index (χ1n) is 13.1. The fraction of sp³-hybridized carbons (Fsp3) is 0.172. The smallest absolute Gasteiger partial charge is 0.305 e. The fourth-order valence-electron chi connectivity index (χ4n) is 5.21. The monoisotopic (exact) mass is 652 g/mol. The number of nitrogens with two attached hydrogens (primary N) is 1. The molecule has 0 unspecified atom stereocenters. The summed E-state index contributed by atoms with van der Waals surface area (Å²) in [7, 11) is -2.32. The van der Waals surface area contributed by atoms with E-state index >= 15 is 0 Å². The number of methoxy groups -OCH3 is 1. The van der Waals surface area contributed by atoms with Gasteiger partial charge in [0.15, 0.2) is 6.61 Å². The molecule has 3 atom stereocenters. The average molecular weight is 653 g/mol. The summed E-state index contributed by atoms with van der Waals surface area (Å²) in [5.74, 6) is -1.52. The van der Waals surface area contributed by atoms with Crippen molar-refractivity contribution in [2.45, 2.75) is 21.1 Å². The second-order valence-electron chi connectivity index (χ2n) is 9.93. The first kappa shape index (κ1) is 29.6. The molecule has 4 N–H and O–H groups in total. The highest BCUT2D eigenvalue weighted by Gasteiger charge is 2.56. The van der Waals surface area contributed by atoms with Crippen molar-refractivity contribution in [3.05, 3.63) is 92.9 Å². The van der Waals surface area contributed by atoms with Gasteiger partial charge in [0.2, 0.25) is 21.8 Å². The molecule has 3 aromatic carbocycles. The van der Waals surface area contributed by atoms with Crippen LogP contribution in [0.2, 0.25) is 0 Å². The van der Waals surface area contributed by atoms with E-state index in [9.17, 15) is 27.6 Å². The van der Waals surface area contributed by atoms with E-state index in [1.54, 1.807) is 48.5 Å². The van der Waals surface area contributed by atoms with Gasteiger partial charge in [-0.05, 0) is 66.2 Å². The second-order valence-corrected chi connectivity index (χ2v) is 13.7. The lowest BCUT2D eigenvalue weighted by molar-refractivity contribution is -0.122. The lowest BCUT2D eigenvalue weighted by atomic mass is 9.83. The first-order valence-corrected chi connectivity index (χ1v) is 16.3. The number of sulfonamides is 1. The molecular formula is C29H24N4O8S3. The lowest BCUT2D eigenvalue weighted by Gasteiger charge is -2.29. The number of thiazole rings is 1. The van der Waals surface area contributed by atoms with Crippen LogP contribution in [0.15, 0.2) is 87.5 Å². The third-order valence-corrected chi connectivity index (χ3v) is 10.6. The molecule has 12 nitrogen and oxygen atoms in total. The van der Waals surface area contributed by atoms with E-state index in [0.717, 1.165) is 11.3 Å². The molecule has 1 aromatic heterocycles. The molecule has 1 fully saturated rings. The number of hydrogen-bond acceptors (Lipinski definition) is 10. The zero-order valence-corrected chi connectivity index (χ0v) is 25.3. The molecule has 44 heavy (non-hydrogen) atoms. The number of amides is 3. The van der Waals surface area contributed by atoms with E-state index in [2.05, 4.69) is 10.3 Å². The number of imide groups is 1. The van der Waals surface area contributed by atoms with E-state index in [4.69, 9.17) is 14.6 Å². The summed E-state index contributed by atoms with van der Waals surface area (Å²) in [6.45, 7) is -0.325. The number of ether oxygens (including phenoxy) is 2. The summed E-state index contributed by atoms with van der Waals surface area (Å²) in [5.41, 5.74) is 1.52. The Morgan fingerprint density at radius 1 is 0.955 bits per heavy atom. The van der Waals surface area contributed by atoms with Crippen LogP contribution < -0.4 is 29.7 Å². The van der Waals surface area contributed by atoms with E-state index in [1.807, 2.05) is 0 Å². The predicted molar refractivity (Wildman–Crippen MR) is 164 cm³/mol. The molecule has 4 aromatic rings. The van der Waals surface area contributed by atoms with Crippen molar-refractivity contribution in [2.24, 2.45) is 11.1 Å². The summed E-state index contributed by atoms with van der Waals surface area (Å²) in [5, 5.41) is 7.54. The van der Waals surface area contributed by atoms with Gasteiger partial charge in [0.25, 0.3) is 5.91 Å². The Bertz CT molecular complexity index is 1920. The minimum Gasteiger partial charge on any atom is -0.497 e. The minimum absolute atomic E-state index is 0.0779. The van der Waals surface area contributed by atoms with Crippen LogP contribution in [0.5, 0.6) is 11.5 Å². The molecular weight excluding hydrogens is 629 g/mol. The van der Waals surface area contributed by atoms with E-state index in [0.29, 0.717) is 38.3 Å². The van der Waals surface area contributed by atoms with E-state index in [1.165, 1.54) is 48.0 Å². The maximum absolute atomic E-state index is 13.8. The third kappa shape index (κ3) is 5.61. The van der Waals surface area contributed by atoms with Crippen LogP contribution in [-0.2, 0) is 24.4 Å². The Hall–Kier alpha value is -4.44. The molecule has 2 aliphatic rings. The highest BCUT2D eigenvalue weighted by Crippen LogP contribution is 2.53. The van der Waals surface area contributed by atoms with Gasteiger partial charge in [0, 0.05) is 16.5 Å². The highest BCUT2D eigenvalue weighted by atomic mass is 32.2. The molecule has 0 saturated carbocycles. The Labute approximate surface area is 259 Å². The number of anilines is 2. The van der Waals surface area contributed by atoms with Crippen LogP contribution in [-0.4, -0.2) is 50.1 Å². The Kier molecular flexibility index (Phi) is 7.79. The number of thioether (sulfide) groups is 1. The molecule has 226 valence electrons. The van der Waals surface area contributed by atoms with Gasteiger partial charge in [0.1, 0.15) is 16.7 Å². The number of fused-ring (bicyclic) bond motifs is 2. The number of nitrogens with one attached hydrogen (secondary N) is 2. The average Bonchev–Trinajstić information content (AvgIpc) is 3.50. The third-order valence-electron chi connectivity index (χ3n) is 7.23. The number of primary sulfonamides is 1. The zero-order chi connectivity index (χ0) is 31.2. The van der Waals surface area contributed by atoms with Gasteiger partial charge in [-0.3, -0.25) is 19.2 Å². The number of aromatic nitrogens is 1. The summed E-state index contributed by atoms with van der Waals surface area (Å²) in [6, 6.07) is 18.9. The Morgan fingerprint density at radius 3 is 2.25 bits per heavy atom. The number of carbonyl (C=O) groups excluding carboxylic acids is 3. The van der Waals surface area contributed by atoms with Crippen molar-refractivity contribution in [1.29, 1.82) is 0 Å². The predicted octanol–water partition coefficient (Wildman–Crippen LogP) is 2.91. The first-order chi connectivity index (χ1) is 21.0. The van der Waals surface area contributed by atoms with Crippen molar-refractivity contribution in [1.82, 2.24) is 4.98 Å². The normalized spacial score (nSPS) is 19.3. The van der Waals surface area contributed by atoms with Gasteiger partial charge in [-0.25, -0.2) is 18.5 Å². The van der Waals surface area contributed by atoms with Crippen molar-refractivity contribution in [2.75, 3.05) is 23.9 Å². The number of nitrogens with zero attached hydrogens (tertiary/aromatic N) is 1. The number of aromatic amines is 1. The molecule has 1 saturated heterocycles. The van der Waals surface area contributed by atoms with E-state index in [-0.39, 0.29) is 28.2 Å². The molecule has 0 aliphatic carbocycles. The molecule has 0 spiro atoms.